The van der Waals surface area contributed by atoms with Crippen LogP contribution in [0.15, 0.2) is 73.3 Å². The standard InChI is InChI=1S/C16H15N3/c17-16(13-6-2-1-3-7-13)14-8-4-5-9-15(14)19-11-10-18-12-19/h1-12,16H,17H2. The molecule has 19 heavy (non-hydrogen) atoms. The Labute approximate surface area is 112 Å². The van der Waals surface area contributed by atoms with Gasteiger partial charge in [-0.15, -0.1) is 0 Å². The Bertz CT molecular complexity index is 645. The van der Waals surface area contributed by atoms with Crippen LogP contribution in [0.3, 0.4) is 0 Å². The molecule has 1 unspecified atom stereocenters. The lowest BCUT2D eigenvalue weighted by molar-refractivity contribution is 0.851. The molecular weight excluding hydrogens is 234 g/mol. The van der Waals surface area contributed by atoms with Gasteiger partial charge in [-0.2, -0.15) is 0 Å². The highest BCUT2D eigenvalue weighted by molar-refractivity contribution is 5.46. The van der Waals surface area contributed by atoms with E-state index in [2.05, 4.69) is 29.2 Å². The summed E-state index contributed by atoms with van der Waals surface area (Å²) in [5, 5.41) is 0. The smallest absolute Gasteiger partial charge is 0.0991 e. The van der Waals surface area contributed by atoms with Crippen LogP contribution in [0.2, 0.25) is 0 Å². The molecule has 3 aromatic rings. The predicted octanol–water partition coefficient (Wildman–Crippen LogP) is 2.92. The SMILES string of the molecule is NC(c1ccccc1)c1ccccc1-n1ccnc1. The van der Waals surface area contributed by atoms with Crippen molar-refractivity contribution < 1.29 is 0 Å². The van der Waals surface area contributed by atoms with E-state index in [0.717, 1.165) is 16.8 Å². The first-order chi connectivity index (χ1) is 9.36. The van der Waals surface area contributed by atoms with E-state index in [9.17, 15) is 0 Å². The summed E-state index contributed by atoms with van der Waals surface area (Å²) in [6, 6.07) is 18.1. The average molecular weight is 249 g/mol. The maximum Gasteiger partial charge on any atom is 0.0991 e. The summed E-state index contributed by atoms with van der Waals surface area (Å²) in [6.07, 6.45) is 5.48. The van der Waals surface area contributed by atoms with Crippen molar-refractivity contribution in [3.05, 3.63) is 84.4 Å². The zero-order chi connectivity index (χ0) is 13.1. The minimum atomic E-state index is -0.139. The van der Waals surface area contributed by atoms with Crippen LogP contribution in [0.4, 0.5) is 0 Å². The van der Waals surface area contributed by atoms with E-state index >= 15 is 0 Å². The van der Waals surface area contributed by atoms with E-state index in [1.54, 1.807) is 12.5 Å². The van der Waals surface area contributed by atoms with Crippen molar-refractivity contribution in [2.24, 2.45) is 5.73 Å². The number of imidazole rings is 1. The topological polar surface area (TPSA) is 43.8 Å². The van der Waals surface area contributed by atoms with Gasteiger partial charge in [0.1, 0.15) is 0 Å². The summed E-state index contributed by atoms with van der Waals surface area (Å²) in [7, 11) is 0. The molecule has 0 fully saturated rings. The van der Waals surface area contributed by atoms with Crippen molar-refractivity contribution in [1.29, 1.82) is 0 Å². The van der Waals surface area contributed by atoms with Crippen LogP contribution in [0.25, 0.3) is 5.69 Å². The van der Waals surface area contributed by atoms with Crippen molar-refractivity contribution in [1.82, 2.24) is 9.55 Å². The summed E-state index contributed by atoms with van der Waals surface area (Å²) >= 11 is 0. The second-order valence-corrected chi connectivity index (χ2v) is 4.42. The Morgan fingerprint density at radius 2 is 1.68 bits per heavy atom. The molecule has 0 aliphatic heterocycles. The third-order valence-electron chi connectivity index (χ3n) is 3.21. The Balaban J connectivity index is 2.06. The van der Waals surface area contributed by atoms with Gasteiger partial charge < -0.3 is 10.3 Å². The van der Waals surface area contributed by atoms with Gasteiger partial charge >= 0.3 is 0 Å². The number of hydrogen-bond donors (Lipinski definition) is 1. The minimum absolute atomic E-state index is 0.139. The number of rotatable bonds is 3. The van der Waals surface area contributed by atoms with E-state index in [0.29, 0.717) is 0 Å². The van der Waals surface area contributed by atoms with Gasteiger partial charge in [-0.25, -0.2) is 4.98 Å². The second kappa shape index (κ2) is 5.08. The molecule has 0 aliphatic rings. The molecule has 0 bridgehead atoms. The number of benzene rings is 2. The Morgan fingerprint density at radius 1 is 0.947 bits per heavy atom. The van der Waals surface area contributed by atoms with Crippen LogP contribution in [-0.4, -0.2) is 9.55 Å². The molecule has 3 heteroatoms. The van der Waals surface area contributed by atoms with E-state index in [1.165, 1.54) is 0 Å². The molecule has 3 nitrogen and oxygen atoms in total. The van der Waals surface area contributed by atoms with Crippen molar-refractivity contribution in [2.45, 2.75) is 6.04 Å². The first-order valence-corrected chi connectivity index (χ1v) is 6.24. The summed E-state index contributed by atoms with van der Waals surface area (Å²) in [5.41, 5.74) is 9.65. The van der Waals surface area contributed by atoms with Gasteiger partial charge in [0.15, 0.2) is 0 Å². The molecule has 1 atom stereocenters. The van der Waals surface area contributed by atoms with Crippen LogP contribution in [0.5, 0.6) is 0 Å². The lowest BCUT2D eigenvalue weighted by Gasteiger charge is -2.17. The maximum absolute atomic E-state index is 6.39. The predicted molar refractivity (Wildman–Crippen MR) is 76.0 cm³/mol. The van der Waals surface area contributed by atoms with Crippen molar-refractivity contribution in [3.8, 4) is 5.69 Å². The number of para-hydroxylation sites is 1. The normalized spacial score (nSPS) is 12.3. The fourth-order valence-electron chi connectivity index (χ4n) is 2.23. The third-order valence-corrected chi connectivity index (χ3v) is 3.21. The summed E-state index contributed by atoms with van der Waals surface area (Å²) < 4.78 is 1.98. The summed E-state index contributed by atoms with van der Waals surface area (Å²) in [5.74, 6) is 0. The fraction of sp³-hybridized carbons (Fsp3) is 0.0625. The first-order valence-electron chi connectivity index (χ1n) is 6.24. The molecule has 0 saturated carbocycles. The van der Waals surface area contributed by atoms with Gasteiger partial charge in [-0.05, 0) is 17.2 Å². The molecule has 1 heterocycles. The van der Waals surface area contributed by atoms with Crippen molar-refractivity contribution in [2.75, 3.05) is 0 Å². The monoisotopic (exact) mass is 249 g/mol. The van der Waals surface area contributed by atoms with Crippen LogP contribution < -0.4 is 5.73 Å². The fourth-order valence-corrected chi connectivity index (χ4v) is 2.23. The zero-order valence-electron chi connectivity index (χ0n) is 10.5. The molecule has 0 radical (unpaired) electrons. The highest BCUT2D eigenvalue weighted by Crippen LogP contribution is 2.25. The minimum Gasteiger partial charge on any atom is -0.320 e. The Morgan fingerprint density at radius 3 is 2.42 bits per heavy atom. The van der Waals surface area contributed by atoms with Crippen molar-refractivity contribution >= 4 is 0 Å². The number of nitrogens with zero attached hydrogens (tertiary/aromatic N) is 2. The molecule has 2 aromatic carbocycles. The van der Waals surface area contributed by atoms with Gasteiger partial charge in [-0.3, -0.25) is 0 Å². The zero-order valence-corrected chi connectivity index (χ0v) is 10.5. The highest BCUT2D eigenvalue weighted by atomic mass is 15.0. The first kappa shape index (κ1) is 11.7. The lowest BCUT2D eigenvalue weighted by Crippen LogP contribution is -2.14. The molecule has 0 amide bonds. The van der Waals surface area contributed by atoms with Crippen LogP contribution in [0, 0.1) is 0 Å². The Kier molecular flexibility index (Phi) is 3.12. The summed E-state index contributed by atoms with van der Waals surface area (Å²) in [4.78, 5) is 4.09. The third kappa shape index (κ3) is 2.28. The molecule has 2 N–H and O–H groups in total. The van der Waals surface area contributed by atoms with Gasteiger partial charge in [0.2, 0.25) is 0 Å². The molecule has 0 aliphatic carbocycles. The molecular formula is C16H15N3. The number of aromatic nitrogens is 2. The van der Waals surface area contributed by atoms with Crippen LogP contribution in [0.1, 0.15) is 17.2 Å². The van der Waals surface area contributed by atoms with E-state index in [-0.39, 0.29) is 6.04 Å². The molecule has 3 rings (SSSR count). The van der Waals surface area contributed by atoms with Crippen LogP contribution in [-0.2, 0) is 0 Å². The highest BCUT2D eigenvalue weighted by Gasteiger charge is 2.13. The summed E-state index contributed by atoms with van der Waals surface area (Å²) in [6.45, 7) is 0. The van der Waals surface area contributed by atoms with E-state index in [1.807, 2.05) is 41.1 Å². The molecule has 94 valence electrons. The second-order valence-electron chi connectivity index (χ2n) is 4.42. The van der Waals surface area contributed by atoms with E-state index in [4.69, 9.17) is 5.73 Å². The largest absolute Gasteiger partial charge is 0.320 e. The lowest BCUT2D eigenvalue weighted by atomic mass is 9.98. The average Bonchev–Trinajstić information content (AvgIpc) is 3.01. The maximum atomic E-state index is 6.39. The quantitative estimate of drug-likeness (QED) is 0.775. The number of hydrogen-bond acceptors (Lipinski definition) is 2. The molecule has 1 aromatic heterocycles. The van der Waals surface area contributed by atoms with Gasteiger partial charge in [-0.1, -0.05) is 48.5 Å². The Hall–Kier alpha value is -2.39. The molecule has 0 saturated heterocycles. The molecule has 0 spiro atoms. The van der Waals surface area contributed by atoms with Crippen molar-refractivity contribution in [3.63, 3.8) is 0 Å². The van der Waals surface area contributed by atoms with E-state index < -0.39 is 0 Å². The van der Waals surface area contributed by atoms with Gasteiger partial charge in [0, 0.05) is 12.4 Å². The van der Waals surface area contributed by atoms with Gasteiger partial charge in [0.25, 0.3) is 0 Å². The van der Waals surface area contributed by atoms with Crippen LogP contribution >= 0.6 is 0 Å². The van der Waals surface area contributed by atoms with Gasteiger partial charge in [0.05, 0.1) is 18.1 Å². The number of nitrogens with two attached hydrogens (primary N) is 1.